The Morgan fingerprint density at radius 2 is 1.15 bits per heavy atom. The van der Waals surface area contributed by atoms with E-state index in [2.05, 4.69) is 58.3 Å². The number of carbonyl (C=O) groups excluding carboxylic acids is 4. The van der Waals surface area contributed by atoms with E-state index >= 15 is 0 Å². The number of hydrogen-bond donors (Lipinski definition) is 2. The Bertz CT molecular complexity index is 2970. The smallest absolute Gasteiger partial charge is 0.282 e. The summed E-state index contributed by atoms with van der Waals surface area (Å²) in [6, 6.07) is 4.36. The van der Waals surface area contributed by atoms with Crippen molar-refractivity contribution in [2.24, 2.45) is 10.8 Å². The molecule has 73 heavy (non-hydrogen) atoms. The number of rotatable bonds is 10. The third-order valence-electron chi connectivity index (χ3n) is 14.1. The second-order valence-electron chi connectivity index (χ2n) is 22.2. The van der Waals surface area contributed by atoms with E-state index in [4.69, 9.17) is 0 Å². The summed E-state index contributed by atoms with van der Waals surface area (Å²) in [4.78, 5) is 80.5. The standard InChI is InChI=1S/C26H37N5O4S2.C25H33N5O4S2/c1-17-14-20(28-16-26(3,4)5)27-15-19(17)22-21(24(32)31-9-7-6-8-18(31)2)29-23(36-22)25(33)30-10-12-37(34,35)13-11-30;1-15(2)27-19-9-16(3)18(10-26-19)21-20(23(31)30-8-6-5-7-17(30)4)28-22(35-21)24(32)29-11-25(12-29)13-36(33,34)14-25/h14-15,18H,6-13,16H2,1-5H3,(H,27,28);9-10,15,17H,5-8,11-14H2,1-4H3,(H,26,27)/t18-;17-/m00/s1. The highest BCUT2D eigenvalue weighted by molar-refractivity contribution is 7.92. The molecule has 1 spiro atoms. The number of nitrogens with zero attached hydrogens (tertiary/aromatic N) is 8. The average molecular weight is 1080 g/mol. The predicted octanol–water partition coefficient (Wildman–Crippen LogP) is 7.08. The van der Waals surface area contributed by atoms with Crippen LogP contribution in [-0.2, 0) is 19.7 Å². The molecule has 4 aromatic rings. The number of sulfone groups is 2. The van der Waals surface area contributed by atoms with Crippen LogP contribution in [0.4, 0.5) is 11.6 Å². The molecule has 396 valence electrons. The topological polar surface area (TPSA) is 225 Å². The lowest BCUT2D eigenvalue weighted by Gasteiger charge is -2.54. The molecule has 9 heterocycles. The number of hydrogen-bond acceptors (Lipinski definition) is 16. The van der Waals surface area contributed by atoms with Crippen LogP contribution in [0.1, 0.15) is 139 Å². The predicted molar refractivity (Wildman–Crippen MR) is 287 cm³/mol. The molecule has 2 N–H and O–H groups in total. The number of piperidine rings is 2. The minimum atomic E-state index is -3.12. The van der Waals surface area contributed by atoms with Gasteiger partial charge in [-0.05, 0) is 109 Å². The van der Waals surface area contributed by atoms with E-state index in [9.17, 15) is 36.0 Å². The van der Waals surface area contributed by atoms with Gasteiger partial charge >= 0.3 is 0 Å². The van der Waals surface area contributed by atoms with Crippen molar-refractivity contribution in [1.82, 2.24) is 39.5 Å². The molecule has 18 nitrogen and oxygen atoms in total. The zero-order chi connectivity index (χ0) is 52.8. The van der Waals surface area contributed by atoms with E-state index in [1.54, 1.807) is 17.3 Å². The summed E-state index contributed by atoms with van der Waals surface area (Å²) in [6.45, 7) is 21.8. The first-order chi connectivity index (χ1) is 34.3. The van der Waals surface area contributed by atoms with E-state index in [-0.39, 0.29) is 104 Å². The van der Waals surface area contributed by atoms with Crippen molar-refractivity contribution in [3.05, 3.63) is 57.1 Å². The lowest BCUT2D eigenvalue weighted by atomic mass is 9.83. The van der Waals surface area contributed by atoms with Crippen LogP contribution in [0.25, 0.3) is 20.9 Å². The fraction of sp³-hybridized carbons (Fsp3) is 0.608. The van der Waals surface area contributed by atoms with Gasteiger partial charge in [0.15, 0.2) is 29.7 Å². The maximum atomic E-state index is 13.7. The van der Waals surface area contributed by atoms with E-state index in [0.717, 1.165) is 79.0 Å². The number of thiazole rings is 2. The van der Waals surface area contributed by atoms with Gasteiger partial charge in [0.1, 0.15) is 23.0 Å². The van der Waals surface area contributed by atoms with Crippen molar-refractivity contribution in [2.75, 3.05) is 79.5 Å². The van der Waals surface area contributed by atoms with E-state index in [1.807, 2.05) is 56.6 Å². The Balaban J connectivity index is 0.000000195. The van der Waals surface area contributed by atoms with Crippen LogP contribution in [0.3, 0.4) is 0 Å². The zero-order valence-corrected chi connectivity index (χ0v) is 46.8. The number of aromatic nitrogens is 4. The van der Waals surface area contributed by atoms with Crippen LogP contribution in [0.2, 0.25) is 0 Å². The average Bonchev–Trinajstić information content (AvgIpc) is 3.95. The Kier molecular flexibility index (Phi) is 15.8. The van der Waals surface area contributed by atoms with Gasteiger partial charge < -0.3 is 30.2 Å². The zero-order valence-electron chi connectivity index (χ0n) is 43.5. The molecule has 5 aliphatic heterocycles. The Morgan fingerprint density at radius 3 is 1.59 bits per heavy atom. The highest BCUT2D eigenvalue weighted by Crippen LogP contribution is 2.43. The number of anilines is 2. The molecular formula is C51H70N10O8S4. The Hall–Kier alpha value is -5.06. The Labute approximate surface area is 438 Å². The first-order valence-corrected chi connectivity index (χ1v) is 30.7. The molecular weight excluding hydrogens is 1010 g/mol. The summed E-state index contributed by atoms with van der Waals surface area (Å²) < 4.78 is 47.0. The maximum Gasteiger partial charge on any atom is 0.282 e. The minimum Gasteiger partial charge on any atom is -0.370 e. The van der Waals surface area contributed by atoms with Crippen molar-refractivity contribution in [3.63, 3.8) is 0 Å². The fourth-order valence-electron chi connectivity index (χ4n) is 10.1. The van der Waals surface area contributed by atoms with Crippen molar-refractivity contribution >= 4 is 77.6 Å². The minimum absolute atomic E-state index is 0.0554. The SMILES string of the molecule is Cc1cc(NC(C)C)ncc1-c1sc(C(=O)N2CC3(C2)CS(=O)(=O)C3)nc1C(=O)N1CCCC[C@@H]1C.Cc1cc(NCC(C)(C)C)ncc1-c1sc(C(=O)N2CCS(=O)(=O)CC2)nc1C(=O)N1CCCC[C@@H]1C. The summed E-state index contributed by atoms with van der Waals surface area (Å²) >= 11 is 2.41. The molecule has 0 aliphatic carbocycles. The fourth-order valence-corrected chi connectivity index (χ4v) is 15.7. The second kappa shape index (κ2) is 21.3. The molecule has 9 rings (SSSR count). The van der Waals surface area contributed by atoms with Gasteiger partial charge in [0.05, 0.1) is 32.8 Å². The van der Waals surface area contributed by atoms with E-state index < -0.39 is 19.7 Å². The summed E-state index contributed by atoms with van der Waals surface area (Å²) in [5.41, 5.74) is 3.81. The van der Waals surface area contributed by atoms with Gasteiger partial charge in [0.25, 0.3) is 23.6 Å². The summed E-state index contributed by atoms with van der Waals surface area (Å²) in [5.74, 6) is 0.784. The van der Waals surface area contributed by atoms with Crippen molar-refractivity contribution in [2.45, 2.75) is 119 Å². The van der Waals surface area contributed by atoms with Crippen LogP contribution in [-0.4, -0.2) is 167 Å². The van der Waals surface area contributed by atoms with Crippen LogP contribution in [0.15, 0.2) is 24.5 Å². The van der Waals surface area contributed by atoms with Gasteiger partial charge in [-0.3, -0.25) is 19.2 Å². The molecule has 5 saturated heterocycles. The number of pyridine rings is 2. The van der Waals surface area contributed by atoms with Crippen LogP contribution in [0, 0.1) is 24.7 Å². The number of nitrogens with one attached hydrogen (secondary N) is 2. The van der Waals surface area contributed by atoms with Gasteiger partial charge in [0.2, 0.25) is 0 Å². The molecule has 0 bridgehead atoms. The van der Waals surface area contributed by atoms with Gasteiger partial charge in [-0.15, -0.1) is 22.7 Å². The molecule has 4 amide bonds. The van der Waals surface area contributed by atoms with E-state index in [0.29, 0.717) is 41.6 Å². The number of likely N-dealkylation sites (tertiary alicyclic amines) is 3. The van der Waals surface area contributed by atoms with Crippen molar-refractivity contribution in [1.29, 1.82) is 0 Å². The highest BCUT2D eigenvalue weighted by atomic mass is 32.2. The summed E-state index contributed by atoms with van der Waals surface area (Å²) in [7, 11) is -6.08. The largest absolute Gasteiger partial charge is 0.370 e. The van der Waals surface area contributed by atoms with Crippen molar-refractivity contribution in [3.8, 4) is 20.9 Å². The third-order valence-corrected chi connectivity index (χ3v) is 20.0. The second-order valence-corrected chi connectivity index (χ2v) is 28.6. The molecule has 2 atom stereocenters. The third kappa shape index (κ3) is 12.4. The summed E-state index contributed by atoms with van der Waals surface area (Å²) in [6.07, 6.45) is 9.46. The van der Waals surface area contributed by atoms with Crippen LogP contribution < -0.4 is 10.6 Å². The van der Waals surface area contributed by atoms with E-state index in [1.165, 1.54) is 27.6 Å². The lowest BCUT2D eigenvalue weighted by Crippen LogP contribution is -2.69. The van der Waals surface area contributed by atoms with Crippen LogP contribution in [0.5, 0.6) is 0 Å². The van der Waals surface area contributed by atoms with Gasteiger partial charge in [-0.2, -0.15) is 0 Å². The molecule has 4 aromatic heterocycles. The number of carbonyl (C=O) groups is 4. The molecule has 0 saturated carbocycles. The first-order valence-electron chi connectivity index (χ1n) is 25.4. The monoisotopic (exact) mass is 1080 g/mol. The molecule has 0 aromatic carbocycles. The number of amides is 4. The number of aryl methyl sites for hydroxylation is 2. The maximum absolute atomic E-state index is 13.7. The van der Waals surface area contributed by atoms with Gasteiger partial charge in [-0.1, -0.05) is 20.8 Å². The lowest BCUT2D eigenvalue weighted by molar-refractivity contribution is 0.0201. The molecule has 0 radical (unpaired) electrons. The van der Waals surface area contributed by atoms with Gasteiger partial charge in [-0.25, -0.2) is 36.8 Å². The van der Waals surface area contributed by atoms with Crippen molar-refractivity contribution < 1.29 is 36.0 Å². The van der Waals surface area contributed by atoms with Crippen LogP contribution >= 0.6 is 22.7 Å². The molecule has 0 unspecified atom stereocenters. The molecule has 5 aliphatic rings. The Morgan fingerprint density at radius 1 is 0.685 bits per heavy atom. The summed E-state index contributed by atoms with van der Waals surface area (Å²) in [5, 5.41) is 7.13. The van der Waals surface area contributed by atoms with Gasteiger partial charge in [0, 0.05) is 92.9 Å². The molecule has 22 heteroatoms. The highest BCUT2D eigenvalue weighted by Gasteiger charge is 2.57. The first kappa shape index (κ1) is 54.2. The normalized spacial score (nSPS) is 21.2. The molecule has 5 fully saturated rings. The quantitative estimate of drug-likeness (QED) is 0.162.